The van der Waals surface area contributed by atoms with Crippen molar-refractivity contribution >= 4 is 0 Å². The van der Waals surface area contributed by atoms with Gasteiger partial charge in [0.05, 0.1) is 7.11 Å². The second kappa shape index (κ2) is 5.52. The Morgan fingerprint density at radius 3 is 3.00 bits per heavy atom. The molecule has 1 aliphatic rings. The van der Waals surface area contributed by atoms with E-state index in [4.69, 9.17) is 10.5 Å². The Kier molecular flexibility index (Phi) is 4.02. The summed E-state index contributed by atoms with van der Waals surface area (Å²) in [4.78, 5) is 0. The summed E-state index contributed by atoms with van der Waals surface area (Å²) in [6.45, 7) is 3.15. The van der Waals surface area contributed by atoms with Crippen LogP contribution in [0.4, 0.5) is 0 Å². The molecule has 0 saturated carbocycles. The van der Waals surface area contributed by atoms with Crippen molar-refractivity contribution in [3.8, 4) is 5.75 Å². The van der Waals surface area contributed by atoms with E-state index in [1.807, 2.05) is 6.07 Å². The minimum atomic E-state index is 0.258. The number of ether oxygens (including phenoxy) is 1. The first-order valence-corrected chi connectivity index (χ1v) is 6.37. The molecule has 1 heterocycles. The Bertz CT molecular complexity index is 367. The molecular formula is C14H22N2O. The SMILES string of the molecule is CCC1NCC(N)CC1c1cccc(OC)c1. The number of piperidine rings is 1. The maximum atomic E-state index is 6.06. The first-order chi connectivity index (χ1) is 8.24. The highest BCUT2D eigenvalue weighted by molar-refractivity contribution is 5.32. The van der Waals surface area contributed by atoms with Gasteiger partial charge in [-0.2, -0.15) is 0 Å². The molecule has 3 atom stereocenters. The van der Waals surface area contributed by atoms with E-state index in [0.717, 1.165) is 25.1 Å². The monoisotopic (exact) mass is 234 g/mol. The molecule has 1 aliphatic heterocycles. The molecule has 0 aromatic heterocycles. The van der Waals surface area contributed by atoms with Crippen LogP contribution in [0.1, 0.15) is 31.2 Å². The third-order valence-corrected chi connectivity index (χ3v) is 3.65. The molecule has 3 unspecified atom stereocenters. The van der Waals surface area contributed by atoms with Crippen molar-refractivity contribution in [2.45, 2.75) is 37.8 Å². The van der Waals surface area contributed by atoms with Gasteiger partial charge in [-0.15, -0.1) is 0 Å². The summed E-state index contributed by atoms with van der Waals surface area (Å²) >= 11 is 0. The Morgan fingerprint density at radius 2 is 2.29 bits per heavy atom. The maximum Gasteiger partial charge on any atom is 0.119 e. The van der Waals surface area contributed by atoms with Crippen molar-refractivity contribution in [1.82, 2.24) is 5.32 Å². The summed E-state index contributed by atoms with van der Waals surface area (Å²) in [5.74, 6) is 1.43. The largest absolute Gasteiger partial charge is 0.497 e. The number of nitrogens with one attached hydrogen (secondary N) is 1. The van der Waals surface area contributed by atoms with Gasteiger partial charge in [0, 0.05) is 24.5 Å². The van der Waals surface area contributed by atoms with E-state index in [9.17, 15) is 0 Å². The lowest BCUT2D eigenvalue weighted by Crippen LogP contribution is -2.49. The van der Waals surface area contributed by atoms with Crippen LogP contribution in [0.5, 0.6) is 5.75 Å². The normalized spacial score (nSPS) is 29.0. The van der Waals surface area contributed by atoms with Gasteiger partial charge in [0.25, 0.3) is 0 Å². The first-order valence-electron chi connectivity index (χ1n) is 6.37. The van der Waals surface area contributed by atoms with E-state index in [1.165, 1.54) is 5.56 Å². The van der Waals surface area contributed by atoms with E-state index >= 15 is 0 Å². The van der Waals surface area contributed by atoms with Crippen molar-refractivity contribution in [1.29, 1.82) is 0 Å². The fourth-order valence-electron chi connectivity index (χ4n) is 2.69. The molecular weight excluding hydrogens is 212 g/mol. The first kappa shape index (κ1) is 12.4. The smallest absolute Gasteiger partial charge is 0.119 e. The molecule has 0 spiro atoms. The van der Waals surface area contributed by atoms with E-state index in [2.05, 4.69) is 30.4 Å². The number of hydrogen-bond donors (Lipinski definition) is 2. The van der Waals surface area contributed by atoms with Crippen molar-refractivity contribution in [3.63, 3.8) is 0 Å². The van der Waals surface area contributed by atoms with Crippen LogP contribution in [0.3, 0.4) is 0 Å². The predicted molar refractivity (Wildman–Crippen MR) is 70.4 cm³/mol. The molecule has 1 fully saturated rings. The second-order valence-corrected chi connectivity index (χ2v) is 4.80. The summed E-state index contributed by atoms with van der Waals surface area (Å²) in [5.41, 5.74) is 7.39. The highest BCUT2D eigenvalue weighted by Crippen LogP contribution is 2.31. The number of methoxy groups -OCH3 is 1. The van der Waals surface area contributed by atoms with Gasteiger partial charge < -0.3 is 15.8 Å². The third-order valence-electron chi connectivity index (χ3n) is 3.65. The van der Waals surface area contributed by atoms with Crippen LogP contribution >= 0.6 is 0 Å². The van der Waals surface area contributed by atoms with Gasteiger partial charge in [-0.05, 0) is 30.5 Å². The quantitative estimate of drug-likeness (QED) is 0.839. The summed E-state index contributed by atoms with van der Waals surface area (Å²) < 4.78 is 5.29. The van der Waals surface area contributed by atoms with E-state index < -0.39 is 0 Å². The molecule has 3 nitrogen and oxygen atoms in total. The number of rotatable bonds is 3. The third kappa shape index (κ3) is 2.79. The lowest BCUT2D eigenvalue weighted by molar-refractivity contribution is 0.313. The molecule has 0 radical (unpaired) electrons. The molecule has 0 aliphatic carbocycles. The zero-order chi connectivity index (χ0) is 12.3. The van der Waals surface area contributed by atoms with Gasteiger partial charge in [0.15, 0.2) is 0 Å². The van der Waals surface area contributed by atoms with Crippen LogP contribution in [0, 0.1) is 0 Å². The van der Waals surface area contributed by atoms with Crippen LogP contribution in [-0.4, -0.2) is 25.7 Å². The Hall–Kier alpha value is -1.06. The Labute approximate surface area is 103 Å². The van der Waals surface area contributed by atoms with Crippen LogP contribution < -0.4 is 15.8 Å². The van der Waals surface area contributed by atoms with Gasteiger partial charge in [-0.3, -0.25) is 0 Å². The molecule has 1 aromatic rings. The zero-order valence-corrected chi connectivity index (χ0v) is 10.6. The number of hydrogen-bond acceptors (Lipinski definition) is 3. The van der Waals surface area contributed by atoms with Crippen molar-refractivity contribution in [2.24, 2.45) is 5.73 Å². The van der Waals surface area contributed by atoms with Crippen LogP contribution in [-0.2, 0) is 0 Å². The van der Waals surface area contributed by atoms with Gasteiger partial charge in [0.1, 0.15) is 5.75 Å². The van der Waals surface area contributed by atoms with Gasteiger partial charge in [-0.1, -0.05) is 19.1 Å². The average molecular weight is 234 g/mol. The minimum Gasteiger partial charge on any atom is -0.497 e. The minimum absolute atomic E-state index is 0.258. The summed E-state index contributed by atoms with van der Waals surface area (Å²) in [5, 5.41) is 3.54. The van der Waals surface area contributed by atoms with Crippen molar-refractivity contribution in [3.05, 3.63) is 29.8 Å². The molecule has 2 rings (SSSR count). The lowest BCUT2D eigenvalue weighted by Gasteiger charge is -2.35. The topological polar surface area (TPSA) is 47.3 Å². The number of nitrogens with two attached hydrogens (primary N) is 1. The van der Waals surface area contributed by atoms with Crippen molar-refractivity contribution in [2.75, 3.05) is 13.7 Å². The highest BCUT2D eigenvalue weighted by atomic mass is 16.5. The molecule has 3 heteroatoms. The zero-order valence-electron chi connectivity index (χ0n) is 10.6. The average Bonchev–Trinajstić information content (AvgIpc) is 2.39. The molecule has 17 heavy (non-hydrogen) atoms. The molecule has 3 N–H and O–H groups in total. The fourth-order valence-corrected chi connectivity index (χ4v) is 2.69. The number of benzene rings is 1. The lowest BCUT2D eigenvalue weighted by atomic mass is 9.82. The molecule has 94 valence electrons. The second-order valence-electron chi connectivity index (χ2n) is 4.80. The molecule has 0 bridgehead atoms. The Morgan fingerprint density at radius 1 is 1.47 bits per heavy atom. The summed E-state index contributed by atoms with van der Waals surface area (Å²) in [7, 11) is 1.71. The maximum absolute atomic E-state index is 6.06. The molecule has 1 aromatic carbocycles. The predicted octanol–water partition coefficient (Wildman–Crippen LogP) is 1.88. The van der Waals surface area contributed by atoms with Crippen LogP contribution in [0.25, 0.3) is 0 Å². The van der Waals surface area contributed by atoms with E-state index in [1.54, 1.807) is 7.11 Å². The Balaban J connectivity index is 2.22. The standard InChI is InChI=1S/C14H22N2O/c1-3-14-13(8-11(15)9-16-14)10-5-4-6-12(7-10)17-2/h4-7,11,13-14,16H,3,8-9,15H2,1-2H3. The fraction of sp³-hybridized carbons (Fsp3) is 0.571. The molecule has 1 saturated heterocycles. The highest BCUT2D eigenvalue weighted by Gasteiger charge is 2.28. The van der Waals surface area contributed by atoms with E-state index in [-0.39, 0.29) is 6.04 Å². The van der Waals surface area contributed by atoms with Gasteiger partial charge in [0.2, 0.25) is 0 Å². The summed E-state index contributed by atoms with van der Waals surface area (Å²) in [6, 6.07) is 9.14. The van der Waals surface area contributed by atoms with Crippen LogP contribution in [0.2, 0.25) is 0 Å². The van der Waals surface area contributed by atoms with Gasteiger partial charge >= 0.3 is 0 Å². The molecule has 0 amide bonds. The van der Waals surface area contributed by atoms with Gasteiger partial charge in [-0.25, -0.2) is 0 Å². The summed E-state index contributed by atoms with van der Waals surface area (Å²) in [6.07, 6.45) is 2.19. The van der Waals surface area contributed by atoms with Crippen molar-refractivity contribution < 1.29 is 4.74 Å². The van der Waals surface area contributed by atoms with Crippen LogP contribution in [0.15, 0.2) is 24.3 Å². The van der Waals surface area contributed by atoms with E-state index in [0.29, 0.717) is 12.0 Å².